The molecule has 0 saturated carbocycles. The second-order valence-electron chi connectivity index (χ2n) is 8.36. The monoisotopic (exact) mass is 438 g/mol. The normalized spacial score (nSPS) is 17.0. The fourth-order valence-corrected chi connectivity index (χ4v) is 4.37. The Balaban J connectivity index is 1.39. The standard InChI is InChI=1S/C24H27ClN4O2/c1-15-11-16(2)22(17(3)12-15)27-24(30)19-5-4-10-29(13-19)14-21-26-23(28-31-21)18-6-8-20(25)9-7-18/h6-9,11-12,19H,4-5,10,13-14H2,1-3H3,(H,27,30). The van der Waals surface area contributed by atoms with Gasteiger partial charge in [-0.15, -0.1) is 0 Å². The first-order chi connectivity index (χ1) is 14.9. The molecule has 2 aromatic carbocycles. The maximum absolute atomic E-state index is 13.0. The lowest BCUT2D eigenvalue weighted by atomic mass is 9.96. The second kappa shape index (κ2) is 9.20. The molecular weight excluding hydrogens is 412 g/mol. The molecule has 1 N–H and O–H groups in total. The first-order valence-electron chi connectivity index (χ1n) is 10.6. The molecule has 0 aliphatic carbocycles. The van der Waals surface area contributed by atoms with E-state index >= 15 is 0 Å². The Labute approximate surface area is 187 Å². The molecule has 2 heterocycles. The number of carbonyl (C=O) groups excluding carboxylic acids is 1. The summed E-state index contributed by atoms with van der Waals surface area (Å²) in [5, 5.41) is 7.91. The van der Waals surface area contributed by atoms with Gasteiger partial charge in [0.1, 0.15) is 0 Å². The van der Waals surface area contributed by atoms with E-state index in [1.807, 2.05) is 26.0 Å². The SMILES string of the molecule is Cc1cc(C)c(NC(=O)C2CCCN(Cc3nc(-c4ccc(Cl)cc4)no3)C2)c(C)c1. The minimum Gasteiger partial charge on any atom is -0.338 e. The van der Waals surface area contributed by atoms with Gasteiger partial charge in [0.15, 0.2) is 0 Å². The van der Waals surface area contributed by atoms with Crippen LogP contribution in [0.4, 0.5) is 5.69 Å². The Morgan fingerprint density at radius 3 is 2.61 bits per heavy atom. The highest BCUT2D eigenvalue weighted by Crippen LogP contribution is 2.25. The van der Waals surface area contributed by atoms with Crippen LogP contribution in [0.1, 0.15) is 35.4 Å². The predicted molar refractivity (Wildman–Crippen MR) is 122 cm³/mol. The lowest BCUT2D eigenvalue weighted by Crippen LogP contribution is -2.40. The first-order valence-corrected chi connectivity index (χ1v) is 11.0. The van der Waals surface area contributed by atoms with E-state index in [-0.39, 0.29) is 11.8 Å². The minimum atomic E-state index is -0.0625. The third kappa shape index (κ3) is 5.14. The number of amides is 1. The molecule has 1 aromatic heterocycles. The van der Waals surface area contributed by atoms with Gasteiger partial charge < -0.3 is 9.84 Å². The number of hydrogen-bond donors (Lipinski definition) is 1. The number of piperidine rings is 1. The molecule has 0 bridgehead atoms. The number of aryl methyl sites for hydroxylation is 3. The number of benzene rings is 2. The highest BCUT2D eigenvalue weighted by atomic mass is 35.5. The summed E-state index contributed by atoms with van der Waals surface area (Å²) in [5.41, 5.74) is 5.18. The van der Waals surface area contributed by atoms with Crippen molar-refractivity contribution in [2.24, 2.45) is 5.92 Å². The molecule has 3 aromatic rings. The summed E-state index contributed by atoms with van der Waals surface area (Å²) in [4.78, 5) is 19.7. The average molecular weight is 439 g/mol. The van der Waals surface area contributed by atoms with E-state index in [4.69, 9.17) is 16.1 Å². The van der Waals surface area contributed by atoms with Crippen molar-refractivity contribution in [1.82, 2.24) is 15.0 Å². The summed E-state index contributed by atoms with van der Waals surface area (Å²) >= 11 is 5.94. The fourth-order valence-electron chi connectivity index (χ4n) is 4.24. The van der Waals surface area contributed by atoms with Crippen LogP contribution in [0.3, 0.4) is 0 Å². The lowest BCUT2D eigenvalue weighted by Gasteiger charge is -2.31. The number of rotatable bonds is 5. The van der Waals surface area contributed by atoms with Gasteiger partial charge in [-0.1, -0.05) is 34.5 Å². The number of likely N-dealkylation sites (tertiary alicyclic amines) is 1. The molecular formula is C24H27ClN4O2. The zero-order valence-corrected chi connectivity index (χ0v) is 18.9. The van der Waals surface area contributed by atoms with Crippen molar-refractivity contribution in [3.63, 3.8) is 0 Å². The van der Waals surface area contributed by atoms with Crippen molar-refractivity contribution in [2.75, 3.05) is 18.4 Å². The minimum absolute atomic E-state index is 0.0625. The third-order valence-corrected chi connectivity index (χ3v) is 5.98. The number of carbonyl (C=O) groups is 1. The van der Waals surface area contributed by atoms with Gasteiger partial charge in [-0.2, -0.15) is 4.98 Å². The molecule has 162 valence electrons. The molecule has 1 aliphatic rings. The zero-order chi connectivity index (χ0) is 22.0. The van der Waals surface area contributed by atoms with E-state index < -0.39 is 0 Å². The molecule has 7 heteroatoms. The molecule has 1 atom stereocenters. The summed E-state index contributed by atoms with van der Waals surface area (Å²) in [7, 11) is 0. The van der Waals surface area contributed by atoms with E-state index in [1.54, 1.807) is 12.1 Å². The molecule has 1 unspecified atom stereocenters. The number of halogens is 1. The van der Waals surface area contributed by atoms with Gasteiger partial charge in [0.05, 0.1) is 12.5 Å². The summed E-state index contributed by atoms with van der Waals surface area (Å²) in [6.45, 7) is 8.26. The average Bonchev–Trinajstić information content (AvgIpc) is 3.19. The Bertz CT molecular complexity index is 1050. The summed E-state index contributed by atoms with van der Waals surface area (Å²) in [5.74, 6) is 1.11. The predicted octanol–water partition coefficient (Wildman–Crippen LogP) is 5.17. The second-order valence-corrected chi connectivity index (χ2v) is 8.79. The smallest absolute Gasteiger partial charge is 0.241 e. The Hall–Kier alpha value is -2.70. The molecule has 0 spiro atoms. The van der Waals surface area contributed by atoms with Crippen molar-refractivity contribution in [3.05, 3.63) is 64.0 Å². The maximum Gasteiger partial charge on any atom is 0.241 e. The molecule has 1 saturated heterocycles. The van der Waals surface area contributed by atoms with E-state index in [0.717, 1.165) is 41.8 Å². The van der Waals surface area contributed by atoms with E-state index in [9.17, 15) is 4.79 Å². The quantitative estimate of drug-likeness (QED) is 0.595. The van der Waals surface area contributed by atoms with Gasteiger partial charge in [0.2, 0.25) is 17.6 Å². The van der Waals surface area contributed by atoms with Gasteiger partial charge >= 0.3 is 0 Å². The van der Waals surface area contributed by atoms with Gasteiger partial charge in [0.25, 0.3) is 0 Å². The van der Waals surface area contributed by atoms with Crippen LogP contribution in [0.25, 0.3) is 11.4 Å². The van der Waals surface area contributed by atoms with Crippen molar-refractivity contribution in [2.45, 2.75) is 40.2 Å². The molecule has 4 rings (SSSR count). The maximum atomic E-state index is 13.0. The number of anilines is 1. The number of hydrogen-bond acceptors (Lipinski definition) is 5. The molecule has 1 fully saturated rings. The fraction of sp³-hybridized carbons (Fsp3) is 0.375. The van der Waals surface area contributed by atoms with Crippen LogP contribution in [0, 0.1) is 26.7 Å². The van der Waals surface area contributed by atoms with Crippen LogP contribution in [0.2, 0.25) is 5.02 Å². The highest BCUT2D eigenvalue weighted by Gasteiger charge is 2.27. The molecule has 31 heavy (non-hydrogen) atoms. The summed E-state index contributed by atoms with van der Waals surface area (Å²) < 4.78 is 5.45. The van der Waals surface area contributed by atoms with Crippen molar-refractivity contribution < 1.29 is 9.32 Å². The summed E-state index contributed by atoms with van der Waals surface area (Å²) in [6, 6.07) is 11.5. The first kappa shape index (κ1) is 21.5. The van der Waals surface area contributed by atoms with E-state index in [1.165, 1.54) is 5.56 Å². The van der Waals surface area contributed by atoms with Crippen LogP contribution in [0.15, 0.2) is 40.9 Å². The highest BCUT2D eigenvalue weighted by molar-refractivity contribution is 6.30. The third-order valence-electron chi connectivity index (χ3n) is 5.73. The van der Waals surface area contributed by atoms with Gasteiger partial charge in [-0.3, -0.25) is 9.69 Å². The van der Waals surface area contributed by atoms with Crippen LogP contribution in [0.5, 0.6) is 0 Å². The Morgan fingerprint density at radius 2 is 1.90 bits per heavy atom. The largest absolute Gasteiger partial charge is 0.338 e. The van der Waals surface area contributed by atoms with Gasteiger partial charge in [-0.25, -0.2) is 0 Å². The van der Waals surface area contributed by atoms with E-state index in [0.29, 0.717) is 29.8 Å². The zero-order valence-electron chi connectivity index (χ0n) is 18.1. The van der Waals surface area contributed by atoms with Crippen LogP contribution in [-0.2, 0) is 11.3 Å². The van der Waals surface area contributed by atoms with Gasteiger partial charge in [-0.05, 0) is 75.5 Å². The van der Waals surface area contributed by atoms with Crippen LogP contribution < -0.4 is 5.32 Å². The summed E-state index contributed by atoms with van der Waals surface area (Å²) in [6.07, 6.45) is 1.84. The topological polar surface area (TPSA) is 71.3 Å². The van der Waals surface area contributed by atoms with Crippen LogP contribution >= 0.6 is 11.6 Å². The molecule has 1 aliphatic heterocycles. The number of nitrogens with zero attached hydrogens (tertiary/aromatic N) is 3. The lowest BCUT2D eigenvalue weighted by molar-refractivity contribution is -0.121. The van der Waals surface area contributed by atoms with Crippen molar-refractivity contribution >= 4 is 23.2 Å². The molecule has 6 nitrogen and oxygen atoms in total. The van der Waals surface area contributed by atoms with E-state index in [2.05, 4.69) is 39.4 Å². The number of nitrogens with one attached hydrogen (secondary N) is 1. The Morgan fingerprint density at radius 1 is 1.19 bits per heavy atom. The van der Waals surface area contributed by atoms with Crippen molar-refractivity contribution in [3.8, 4) is 11.4 Å². The molecule has 0 radical (unpaired) electrons. The van der Waals surface area contributed by atoms with Crippen molar-refractivity contribution in [1.29, 1.82) is 0 Å². The molecule has 1 amide bonds. The van der Waals surface area contributed by atoms with Crippen LogP contribution in [-0.4, -0.2) is 34.0 Å². The Kier molecular flexibility index (Phi) is 6.39. The van der Waals surface area contributed by atoms with Gasteiger partial charge in [0, 0.05) is 22.8 Å². The number of aromatic nitrogens is 2.